The minimum Gasteiger partial charge on any atom is -0.493 e. The van der Waals surface area contributed by atoms with Crippen molar-refractivity contribution < 1.29 is 9.47 Å². The summed E-state index contributed by atoms with van der Waals surface area (Å²) in [6.45, 7) is 10.5. The van der Waals surface area contributed by atoms with E-state index in [1.54, 1.807) is 7.11 Å². The molecule has 3 nitrogen and oxygen atoms in total. The predicted molar refractivity (Wildman–Crippen MR) is 82.3 cm³/mol. The molecule has 1 aromatic rings. The summed E-state index contributed by atoms with van der Waals surface area (Å²) in [6.07, 6.45) is 1.10. The molecule has 20 heavy (non-hydrogen) atoms. The van der Waals surface area contributed by atoms with Gasteiger partial charge in [-0.2, -0.15) is 0 Å². The van der Waals surface area contributed by atoms with Gasteiger partial charge in [0.15, 0.2) is 0 Å². The molecule has 112 valence electrons. The molecule has 0 spiro atoms. The Hall–Kier alpha value is -1.06. The van der Waals surface area contributed by atoms with Gasteiger partial charge in [-0.25, -0.2) is 0 Å². The van der Waals surface area contributed by atoms with Crippen molar-refractivity contribution in [2.75, 3.05) is 20.3 Å². The average Bonchev–Trinajstić information content (AvgIpc) is 2.85. The molecular formula is C17H27NO2. The van der Waals surface area contributed by atoms with Gasteiger partial charge in [-0.05, 0) is 17.5 Å². The zero-order valence-corrected chi connectivity index (χ0v) is 13.3. The number of likely N-dealkylation sites (N-methyl/N-ethyl adjacent to an activating group) is 1. The van der Waals surface area contributed by atoms with E-state index in [1.807, 2.05) is 0 Å². The quantitative estimate of drug-likeness (QED) is 0.895. The molecule has 0 radical (unpaired) electrons. The van der Waals surface area contributed by atoms with Gasteiger partial charge in [0, 0.05) is 19.1 Å². The maximum atomic E-state index is 5.87. The highest BCUT2D eigenvalue weighted by atomic mass is 16.5. The molecule has 3 heteroatoms. The third-order valence-corrected chi connectivity index (χ3v) is 3.91. The summed E-state index contributed by atoms with van der Waals surface area (Å²) in [5, 5.41) is 3.58. The number of rotatable bonds is 5. The molecular weight excluding hydrogens is 250 g/mol. The van der Waals surface area contributed by atoms with Crippen LogP contribution in [0.4, 0.5) is 0 Å². The fourth-order valence-corrected chi connectivity index (χ4v) is 3.08. The van der Waals surface area contributed by atoms with Gasteiger partial charge in [0.1, 0.15) is 5.75 Å². The normalized spacial score (nSPS) is 17.4. The number of benzene rings is 1. The molecule has 0 bridgehead atoms. The van der Waals surface area contributed by atoms with Gasteiger partial charge in [-0.1, -0.05) is 45.9 Å². The monoisotopic (exact) mass is 277 g/mol. The van der Waals surface area contributed by atoms with Crippen LogP contribution in [-0.2, 0) is 11.2 Å². The van der Waals surface area contributed by atoms with E-state index in [-0.39, 0.29) is 17.6 Å². The van der Waals surface area contributed by atoms with Crippen molar-refractivity contribution in [1.29, 1.82) is 0 Å². The first-order chi connectivity index (χ1) is 9.49. The largest absolute Gasteiger partial charge is 0.493 e. The van der Waals surface area contributed by atoms with Crippen LogP contribution in [0.1, 0.15) is 44.9 Å². The SMILES string of the molecule is CCNC(c1cccc2c1OCC2)C(OC)C(C)(C)C. The Morgan fingerprint density at radius 1 is 1.35 bits per heavy atom. The molecule has 0 saturated heterocycles. The van der Waals surface area contributed by atoms with Crippen molar-refractivity contribution in [2.45, 2.75) is 46.3 Å². The zero-order chi connectivity index (χ0) is 14.8. The van der Waals surface area contributed by atoms with Crippen LogP contribution in [0.15, 0.2) is 18.2 Å². The van der Waals surface area contributed by atoms with E-state index < -0.39 is 0 Å². The van der Waals surface area contributed by atoms with Gasteiger partial charge in [-0.3, -0.25) is 0 Å². The molecule has 1 aliphatic rings. The Kier molecular flexibility index (Phi) is 4.71. The van der Waals surface area contributed by atoms with E-state index >= 15 is 0 Å². The van der Waals surface area contributed by atoms with E-state index in [4.69, 9.17) is 9.47 Å². The lowest BCUT2D eigenvalue weighted by Gasteiger charge is -2.37. The van der Waals surface area contributed by atoms with E-state index in [0.717, 1.165) is 25.3 Å². The highest BCUT2D eigenvalue weighted by Gasteiger charge is 2.35. The molecule has 2 unspecified atom stereocenters. The molecule has 2 atom stereocenters. The van der Waals surface area contributed by atoms with Crippen molar-refractivity contribution in [3.05, 3.63) is 29.3 Å². The van der Waals surface area contributed by atoms with Crippen molar-refractivity contribution >= 4 is 0 Å². The van der Waals surface area contributed by atoms with Gasteiger partial charge in [0.25, 0.3) is 0 Å². The molecule has 0 fully saturated rings. The summed E-state index contributed by atoms with van der Waals surface area (Å²) >= 11 is 0. The molecule has 0 aromatic heterocycles. The summed E-state index contributed by atoms with van der Waals surface area (Å²) in [7, 11) is 1.80. The molecule has 0 aliphatic carbocycles. The third kappa shape index (κ3) is 2.99. The van der Waals surface area contributed by atoms with Gasteiger partial charge in [-0.15, -0.1) is 0 Å². The first-order valence-electron chi connectivity index (χ1n) is 7.49. The van der Waals surface area contributed by atoms with Gasteiger partial charge in [0.05, 0.1) is 18.8 Å². The highest BCUT2D eigenvalue weighted by molar-refractivity contribution is 5.46. The lowest BCUT2D eigenvalue weighted by molar-refractivity contribution is -0.0120. The summed E-state index contributed by atoms with van der Waals surface area (Å²) in [6, 6.07) is 6.60. The molecule has 0 saturated carbocycles. The number of fused-ring (bicyclic) bond motifs is 1. The van der Waals surface area contributed by atoms with Crippen LogP contribution in [0.3, 0.4) is 0 Å². The number of nitrogens with one attached hydrogen (secondary N) is 1. The fourth-order valence-electron chi connectivity index (χ4n) is 3.08. The average molecular weight is 277 g/mol. The molecule has 1 aliphatic heterocycles. The second-order valence-corrected chi connectivity index (χ2v) is 6.49. The third-order valence-electron chi connectivity index (χ3n) is 3.91. The maximum Gasteiger partial charge on any atom is 0.127 e. The standard InChI is InChI=1S/C17H27NO2/c1-6-18-14(16(19-5)17(2,3)4)13-9-7-8-12-10-11-20-15(12)13/h7-9,14,16,18H,6,10-11H2,1-5H3. The Labute approximate surface area is 122 Å². The molecule has 1 aromatic carbocycles. The number of hydrogen-bond acceptors (Lipinski definition) is 3. The lowest BCUT2D eigenvalue weighted by Crippen LogP contribution is -2.41. The summed E-state index contributed by atoms with van der Waals surface area (Å²) in [5.41, 5.74) is 2.60. The van der Waals surface area contributed by atoms with E-state index in [9.17, 15) is 0 Å². The number of para-hydroxylation sites is 1. The Morgan fingerprint density at radius 3 is 2.70 bits per heavy atom. The minimum atomic E-state index is 0.0584. The zero-order valence-electron chi connectivity index (χ0n) is 13.3. The Bertz CT molecular complexity index is 451. The highest BCUT2D eigenvalue weighted by Crippen LogP contribution is 2.39. The van der Waals surface area contributed by atoms with Crippen molar-refractivity contribution in [3.63, 3.8) is 0 Å². The second-order valence-electron chi connectivity index (χ2n) is 6.49. The van der Waals surface area contributed by atoms with Gasteiger partial charge >= 0.3 is 0 Å². The Balaban J connectivity index is 2.41. The van der Waals surface area contributed by atoms with Crippen LogP contribution in [0.5, 0.6) is 5.75 Å². The van der Waals surface area contributed by atoms with E-state index in [0.29, 0.717) is 0 Å². The van der Waals surface area contributed by atoms with Crippen molar-refractivity contribution in [1.82, 2.24) is 5.32 Å². The molecule has 2 rings (SSSR count). The molecule has 1 N–H and O–H groups in total. The van der Waals surface area contributed by atoms with Crippen LogP contribution in [0.2, 0.25) is 0 Å². The topological polar surface area (TPSA) is 30.5 Å². The maximum absolute atomic E-state index is 5.87. The smallest absolute Gasteiger partial charge is 0.127 e. The lowest BCUT2D eigenvalue weighted by atomic mass is 9.81. The first-order valence-corrected chi connectivity index (χ1v) is 7.49. The van der Waals surface area contributed by atoms with Crippen molar-refractivity contribution in [3.8, 4) is 5.75 Å². The number of ether oxygens (including phenoxy) is 2. The number of hydrogen-bond donors (Lipinski definition) is 1. The van der Waals surface area contributed by atoms with Crippen LogP contribution in [-0.4, -0.2) is 26.4 Å². The minimum absolute atomic E-state index is 0.0584. The van der Waals surface area contributed by atoms with Gasteiger partial charge in [0.2, 0.25) is 0 Å². The molecule has 0 amide bonds. The van der Waals surface area contributed by atoms with Crippen molar-refractivity contribution in [2.24, 2.45) is 5.41 Å². The number of methoxy groups -OCH3 is 1. The van der Waals surface area contributed by atoms with Crippen LogP contribution in [0.25, 0.3) is 0 Å². The van der Waals surface area contributed by atoms with E-state index in [2.05, 4.69) is 51.2 Å². The van der Waals surface area contributed by atoms with Crippen LogP contribution >= 0.6 is 0 Å². The van der Waals surface area contributed by atoms with Crippen LogP contribution < -0.4 is 10.1 Å². The first kappa shape index (κ1) is 15.3. The summed E-state index contributed by atoms with van der Waals surface area (Å²) < 4.78 is 11.7. The summed E-state index contributed by atoms with van der Waals surface area (Å²) in [5.74, 6) is 1.06. The summed E-state index contributed by atoms with van der Waals surface area (Å²) in [4.78, 5) is 0. The predicted octanol–water partition coefficient (Wildman–Crippen LogP) is 3.33. The van der Waals surface area contributed by atoms with Gasteiger partial charge < -0.3 is 14.8 Å². The van der Waals surface area contributed by atoms with Crippen LogP contribution in [0, 0.1) is 5.41 Å². The second kappa shape index (κ2) is 6.15. The Morgan fingerprint density at radius 2 is 2.10 bits per heavy atom. The van der Waals surface area contributed by atoms with E-state index in [1.165, 1.54) is 11.1 Å². The molecule has 1 heterocycles. The fraction of sp³-hybridized carbons (Fsp3) is 0.647.